The van der Waals surface area contributed by atoms with Crippen LogP contribution in [0.15, 0.2) is 0 Å². The lowest BCUT2D eigenvalue weighted by molar-refractivity contribution is -0.138. The molecule has 0 saturated heterocycles. The van der Waals surface area contributed by atoms with Crippen LogP contribution >= 0.6 is 0 Å². The molecule has 0 aliphatic heterocycles. The first kappa shape index (κ1) is 17.4. The highest BCUT2D eigenvalue weighted by Gasteiger charge is 2.54. The fourth-order valence-corrected chi connectivity index (χ4v) is 3.70. The lowest BCUT2D eigenvalue weighted by Crippen LogP contribution is -2.41. The summed E-state index contributed by atoms with van der Waals surface area (Å²) in [4.78, 5) is 21.6. The van der Waals surface area contributed by atoms with Gasteiger partial charge < -0.3 is 21.0 Å². The first-order chi connectivity index (χ1) is 10.1. The quantitative estimate of drug-likeness (QED) is 0.567. The van der Waals surface area contributed by atoms with Gasteiger partial charge in [0.2, 0.25) is 0 Å². The van der Waals surface area contributed by atoms with Crippen LogP contribution in [0.4, 0.5) is 0 Å². The summed E-state index contributed by atoms with van der Waals surface area (Å²) in [5.41, 5.74) is 6.96. The summed E-state index contributed by atoms with van der Waals surface area (Å²) in [5, 5.41) is 11.8. The van der Waals surface area contributed by atoms with Crippen molar-refractivity contribution in [3.05, 3.63) is 0 Å². The minimum absolute atomic E-state index is 0.0758. The van der Waals surface area contributed by atoms with Gasteiger partial charge in [0.15, 0.2) is 0 Å². The Kier molecular flexibility index (Phi) is 4.69. The number of aldehydes is 1. The number of carboxylic acid groups (broad SMARTS) is 1. The van der Waals surface area contributed by atoms with E-state index in [4.69, 9.17) is 10.8 Å². The first-order valence-corrected chi connectivity index (χ1v) is 8.34. The highest BCUT2D eigenvalue weighted by molar-refractivity contribution is 5.73. The number of rotatable bonds is 9. The lowest BCUT2D eigenvalue weighted by Gasteiger charge is -2.31. The normalized spacial score (nSPS) is 30.6. The number of hydrogen-bond acceptors (Lipinski definition) is 4. The number of carboxylic acids is 1. The second kappa shape index (κ2) is 5.93. The second-order valence-electron chi connectivity index (χ2n) is 8.38. The molecule has 0 radical (unpaired) electrons. The van der Waals surface area contributed by atoms with Crippen molar-refractivity contribution in [1.82, 2.24) is 5.32 Å². The third-order valence-electron chi connectivity index (χ3n) is 5.83. The fourth-order valence-electron chi connectivity index (χ4n) is 3.70. The van der Waals surface area contributed by atoms with Crippen molar-refractivity contribution < 1.29 is 14.7 Å². The Balaban J connectivity index is 1.73. The lowest BCUT2D eigenvalue weighted by atomic mass is 9.74. The molecule has 5 heteroatoms. The summed E-state index contributed by atoms with van der Waals surface area (Å²) < 4.78 is 0. The van der Waals surface area contributed by atoms with E-state index in [0.717, 1.165) is 19.3 Å². The SMILES string of the molecule is CC(C)(C)C1(CCCC2(N)CC2N[C@H](C=O)CC(=O)O)CC1. The van der Waals surface area contributed by atoms with Gasteiger partial charge in [-0.25, -0.2) is 0 Å². The molecular formula is C17H30N2O3. The minimum atomic E-state index is -0.964. The van der Waals surface area contributed by atoms with E-state index >= 15 is 0 Å². The molecule has 0 aromatic carbocycles. The molecule has 2 aliphatic carbocycles. The molecule has 4 N–H and O–H groups in total. The van der Waals surface area contributed by atoms with Crippen LogP contribution in [0.1, 0.15) is 65.7 Å². The third-order valence-corrected chi connectivity index (χ3v) is 5.83. The second-order valence-corrected chi connectivity index (χ2v) is 8.38. The average molecular weight is 310 g/mol. The molecule has 3 atom stereocenters. The molecule has 2 fully saturated rings. The summed E-state index contributed by atoms with van der Waals surface area (Å²) in [6.07, 6.45) is 7.24. The van der Waals surface area contributed by atoms with E-state index in [9.17, 15) is 9.59 Å². The topological polar surface area (TPSA) is 92.4 Å². The Hall–Kier alpha value is -0.940. The van der Waals surface area contributed by atoms with Gasteiger partial charge >= 0.3 is 5.97 Å². The number of aliphatic carboxylic acids is 1. The largest absolute Gasteiger partial charge is 0.481 e. The van der Waals surface area contributed by atoms with E-state index in [0.29, 0.717) is 17.1 Å². The molecule has 22 heavy (non-hydrogen) atoms. The maximum atomic E-state index is 10.9. The Bertz CT molecular complexity index is 440. The zero-order valence-corrected chi connectivity index (χ0v) is 14.0. The minimum Gasteiger partial charge on any atom is -0.481 e. The Morgan fingerprint density at radius 3 is 2.50 bits per heavy atom. The molecule has 2 saturated carbocycles. The van der Waals surface area contributed by atoms with Gasteiger partial charge in [0.25, 0.3) is 0 Å². The summed E-state index contributed by atoms with van der Waals surface area (Å²) in [6.45, 7) is 6.96. The zero-order valence-electron chi connectivity index (χ0n) is 14.0. The molecule has 2 rings (SSSR count). The summed E-state index contributed by atoms with van der Waals surface area (Å²) in [7, 11) is 0. The van der Waals surface area contributed by atoms with Crippen LogP contribution in [0.5, 0.6) is 0 Å². The van der Waals surface area contributed by atoms with Crippen molar-refractivity contribution in [2.75, 3.05) is 0 Å². The number of nitrogens with one attached hydrogen (secondary N) is 1. The zero-order chi connectivity index (χ0) is 16.6. The molecule has 0 spiro atoms. The van der Waals surface area contributed by atoms with Gasteiger partial charge in [-0.05, 0) is 42.9 Å². The van der Waals surface area contributed by atoms with Crippen LogP contribution in [-0.2, 0) is 9.59 Å². The molecule has 2 unspecified atom stereocenters. The van der Waals surface area contributed by atoms with Gasteiger partial charge in [-0.2, -0.15) is 0 Å². The smallest absolute Gasteiger partial charge is 0.305 e. The predicted molar refractivity (Wildman–Crippen MR) is 85.5 cm³/mol. The van der Waals surface area contributed by atoms with Gasteiger partial charge in [0.1, 0.15) is 6.29 Å². The Morgan fingerprint density at radius 1 is 1.41 bits per heavy atom. The number of hydrogen-bond donors (Lipinski definition) is 3. The molecule has 126 valence electrons. The molecule has 0 aromatic heterocycles. The highest BCUT2D eigenvalue weighted by atomic mass is 16.4. The summed E-state index contributed by atoms with van der Waals surface area (Å²) in [6, 6.07) is -0.552. The molecule has 5 nitrogen and oxygen atoms in total. The van der Waals surface area contributed by atoms with Gasteiger partial charge in [0.05, 0.1) is 12.5 Å². The van der Waals surface area contributed by atoms with E-state index < -0.39 is 12.0 Å². The maximum absolute atomic E-state index is 10.9. The van der Waals surface area contributed by atoms with Crippen LogP contribution in [0.3, 0.4) is 0 Å². The van der Waals surface area contributed by atoms with Gasteiger partial charge in [-0.15, -0.1) is 0 Å². The van der Waals surface area contributed by atoms with Crippen LogP contribution in [0.2, 0.25) is 0 Å². The van der Waals surface area contributed by atoms with Crippen molar-refractivity contribution >= 4 is 12.3 Å². The van der Waals surface area contributed by atoms with E-state index in [1.54, 1.807) is 0 Å². The van der Waals surface area contributed by atoms with Crippen molar-refractivity contribution in [3.8, 4) is 0 Å². The molecule has 2 aliphatic rings. The van der Waals surface area contributed by atoms with Gasteiger partial charge in [-0.1, -0.05) is 27.2 Å². The average Bonchev–Trinajstić information content (AvgIpc) is 3.26. The Labute approximate surface area is 133 Å². The fraction of sp³-hybridized carbons (Fsp3) is 0.882. The van der Waals surface area contributed by atoms with E-state index in [1.807, 2.05) is 0 Å². The molecular weight excluding hydrogens is 280 g/mol. The van der Waals surface area contributed by atoms with E-state index in [-0.39, 0.29) is 18.0 Å². The highest BCUT2D eigenvalue weighted by Crippen LogP contribution is 2.61. The molecule has 0 aromatic rings. The van der Waals surface area contributed by atoms with Crippen molar-refractivity contribution in [2.24, 2.45) is 16.6 Å². The number of carbonyl (C=O) groups excluding carboxylic acids is 1. The standard InChI is InChI=1S/C17H30N2O3/c1-15(2,3)16(7-8-16)5-4-6-17(18)10-13(17)19-12(11-20)9-14(21)22/h11-13,19H,4-10,18H2,1-3H3,(H,21,22)/t12-,13?,17?/m0/s1. The summed E-state index contributed by atoms with van der Waals surface area (Å²) >= 11 is 0. The molecule has 0 heterocycles. The molecule has 0 amide bonds. The predicted octanol–water partition coefficient (Wildman–Crippen LogP) is 2.08. The van der Waals surface area contributed by atoms with Crippen molar-refractivity contribution in [3.63, 3.8) is 0 Å². The summed E-state index contributed by atoms with van der Waals surface area (Å²) in [5.74, 6) is -0.964. The first-order valence-electron chi connectivity index (χ1n) is 8.34. The van der Waals surface area contributed by atoms with Crippen LogP contribution in [0, 0.1) is 10.8 Å². The van der Waals surface area contributed by atoms with Crippen LogP contribution in [-0.4, -0.2) is 35.0 Å². The number of carbonyl (C=O) groups is 2. The third kappa shape index (κ3) is 3.87. The van der Waals surface area contributed by atoms with E-state index in [1.165, 1.54) is 19.3 Å². The number of nitrogens with two attached hydrogens (primary N) is 1. The molecule has 0 bridgehead atoms. The maximum Gasteiger partial charge on any atom is 0.305 e. The van der Waals surface area contributed by atoms with E-state index in [2.05, 4.69) is 26.1 Å². The monoisotopic (exact) mass is 310 g/mol. The Morgan fingerprint density at radius 2 is 2.05 bits per heavy atom. The van der Waals surface area contributed by atoms with Gasteiger partial charge in [0, 0.05) is 11.6 Å². The van der Waals surface area contributed by atoms with Crippen LogP contribution in [0.25, 0.3) is 0 Å². The van der Waals surface area contributed by atoms with Crippen molar-refractivity contribution in [2.45, 2.75) is 83.3 Å². The van der Waals surface area contributed by atoms with Crippen molar-refractivity contribution in [1.29, 1.82) is 0 Å². The van der Waals surface area contributed by atoms with Gasteiger partial charge in [-0.3, -0.25) is 4.79 Å². The van der Waals surface area contributed by atoms with Crippen LogP contribution < -0.4 is 11.1 Å².